The molecule has 0 unspecified atom stereocenters. The maximum atomic E-state index is 12.0. The first-order valence-electron chi connectivity index (χ1n) is 4.17. The molecule has 0 bridgehead atoms. The lowest BCUT2D eigenvalue weighted by molar-refractivity contribution is -0.143. The average Bonchev–Trinajstić information content (AvgIpc) is 2.45. The monoisotopic (exact) mass is 208 g/mol. The van der Waals surface area contributed by atoms with E-state index < -0.39 is 12.7 Å². The van der Waals surface area contributed by atoms with Crippen LogP contribution in [0.1, 0.15) is 12.7 Å². The summed E-state index contributed by atoms with van der Waals surface area (Å²) >= 11 is 0. The first kappa shape index (κ1) is 11.0. The molecular weight excluding hydrogens is 197 g/mol. The summed E-state index contributed by atoms with van der Waals surface area (Å²) in [5.41, 5.74) is 0. The summed E-state index contributed by atoms with van der Waals surface area (Å²) in [5.74, 6) is 0.296. The maximum Gasteiger partial charge on any atom is 0.408 e. The zero-order valence-corrected chi connectivity index (χ0v) is 7.67. The second-order valence-corrected chi connectivity index (χ2v) is 2.73. The molecule has 0 saturated carbocycles. The third-order valence-corrected chi connectivity index (χ3v) is 1.56. The van der Waals surface area contributed by atoms with Crippen molar-refractivity contribution in [1.29, 1.82) is 0 Å². The molecule has 0 aromatic carbocycles. The fourth-order valence-electron chi connectivity index (χ4n) is 0.964. The summed E-state index contributed by atoms with van der Waals surface area (Å²) < 4.78 is 36.9. The first-order valence-corrected chi connectivity index (χ1v) is 4.17. The van der Waals surface area contributed by atoms with Crippen molar-refractivity contribution in [2.24, 2.45) is 0 Å². The van der Waals surface area contributed by atoms with Crippen LogP contribution in [-0.4, -0.2) is 27.5 Å². The fourth-order valence-corrected chi connectivity index (χ4v) is 0.964. The van der Waals surface area contributed by atoms with E-state index in [1.807, 2.05) is 6.92 Å². The van der Waals surface area contributed by atoms with E-state index in [1.54, 1.807) is 0 Å². The predicted octanol–water partition coefficient (Wildman–Crippen LogP) is 0.950. The molecule has 0 amide bonds. The number of alkyl halides is 3. The van der Waals surface area contributed by atoms with Crippen molar-refractivity contribution < 1.29 is 13.2 Å². The van der Waals surface area contributed by atoms with E-state index in [2.05, 4.69) is 15.4 Å². The van der Waals surface area contributed by atoms with Gasteiger partial charge in [-0.05, 0) is 6.54 Å². The minimum atomic E-state index is -4.26. The van der Waals surface area contributed by atoms with Crippen molar-refractivity contribution in [3.8, 4) is 0 Å². The molecule has 0 radical (unpaired) electrons. The molecule has 1 rings (SSSR count). The molecular formula is C7H11F3N4. The van der Waals surface area contributed by atoms with Gasteiger partial charge in [-0.1, -0.05) is 6.92 Å². The molecule has 1 aromatic rings. The molecule has 0 aliphatic carbocycles. The standard InChI is InChI=1S/C7H11F3N4/c1-2-11-3-6-12-5-13-14(6)4-7(8,9)10/h5,11H,2-4H2,1H3. The van der Waals surface area contributed by atoms with Gasteiger partial charge in [-0.15, -0.1) is 0 Å². The summed E-state index contributed by atoms with van der Waals surface area (Å²) in [6, 6.07) is 0. The number of halogens is 3. The quantitative estimate of drug-likeness (QED) is 0.801. The SMILES string of the molecule is CCNCc1ncnn1CC(F)(F)F. The van der Waals surface area contributed by atoms with Crippen LogP contribution in [-0.2, 0) is 13.1 Å². The Hall–Kier alpha value is -1.11. The van der Waals surface area contributed by atoms with Crippen LogP contribution in [0.5, 0.6) is 0 Å². The van der Waals surface area contributed by atoms with Gasteiger partial charge in [-0.2, -0.15) is 18.3 Å². The fraction of sp³-hybridized carbons (Fsp3) is 0.714. The summed E-state index contributed by atoms with van der Waals surface area (Å²) in [5, 5.41) is 6.39. The van der Waals surface area contributed by atoms with Crippen LogP contribution in [0, 0.1) is 0 Å². The molecule has 7 heteroatoms. The Morgan fingerprint density at radius 3 is 2.79 bits per heavy atom. The smallest absolute Gasteiger partial charge is 0.310 e. The zero-order chi connectivity index (χ0) is 10.6. The normalized spacial score (nSPS) is 12.0. The van der Waals surface area contributed by atoms with Crippen molar-refractivity contribution >= 4 is 0 Å². The molecule has 14 heavy (non-hydrogen) atoms. The van der Waals surface area contributed by atoms with Crippen LogP contribution in [0.25, 0.3) is 0 Å². The van der Waals surface area contributed by atoms with E-state index in [4.69, 9.17) is 0 Å². The van der Waals surface area contributed by atoms with Crippen molar-refractivity contribution in [2.75, 3.05) is 6.54 Å². The molecule has 0 aliphatic heterocycles. The van der Waals surface area contributed by atoms with Crippen molar-refractivity contribution in [3.05, 3.63) is 12.2 Å². The lowest BCUT2D eigenvalue weighted by Gasteiger charge is -2.08. The van der Waals surface area contributed by atoms with E-state index in [0.29, 0.717) is 18.9 Å². The van der Waals surface area contributed by atoms with Crippen LogP contribution >= 0.6 is 0 Å². The Labute approximate surface area is 79.1 Å². The van der Waals surface area contributed by atoms with Gasteiger partial charge in [-0.3, -0.25) is 0 Å². The van der Waals surface area contributed by atoms with Gasteiger partial charge in [0.25, 0.3) is 0 Å². The van der Waals surface area contributed by atoms with E-state index >= 15 is 0 Å². The van der Waals surface area contributed by atoms with Crippen molar-refractivity contribution in [1.82, 2.24) is 20.1 Å². The van der Waals surface area contributed by atoms with Gasteiger partial charge < -0.3 is 5.32 Å². The van der Waals surface area contributed by atoms with E-state index in [1.165, 1.54) is 0 Å². The van der Waals surface area contributed by atoms with Gasteiger partial charge in [0.05, 0.1) is 6.54 Å². The maximum absolute atomic E-state index is 12.0. The highest BCUT2D eigenvalue weighted by Crippen LogP contribution is 2.17. The van der Waals surface area contributed by atoms with Crippen LogP contribution in [0.3, 0.4) is 0 Å². The summed E-state index contributed by atoms with van der Waals surface area (Å²) in [6.45, 7) is 1.75. The van der Waals surface area contributed by atoms with Crippen LogP contribution in [0.4, 0.5) is 13.2 Å². The summed E-state index contributed by atoms with van der Waals surface area (Å²) in [6.07, 6.45) is -3.13. The minimum absolute atomic E-state index is 0.296. The summed E-state index contributed by atoms with van der Waals surface area (Å²) in [7, 11) is 0. The van der Waals surface area contributed by atoms with Crippen LogP contribution < -0.4 is 5.32 Å². The van der Waals surface area contributed by atoms with E-state index in [0.717, 1.165) is 11.0 Å². The van der Waals surface area contributed by atoms with Crippen molar-refractivity contribution in [2.45, 2.75) is 26.2 Å². The summed E-state index contributed by atoms with van der Waals surface area (Å²) in [4.78, 5) is 3.73. The lowest BCUT2D eigenvalue weighted by Crippen LogP contribution is -2.23. The average molecular weight is 208 g/mol. The Bertz CT molecular complexity index is 281. The van der Waals surface area contributed by atoms with Gasteiger partial charge in [-0.25, -0.2) is 9.67 Å². The number of rotatable bonds is 4. The highest BCUT2D eigenvalue weighted by atomic mass is 19.4. The van der Waals surface area contributed by atoms with Crippen LogP contribution in [0.2, 0.25) is 0 Å². The predicted molar refractivity (Wildman–Crippen MR) is 43.5 cm³/mol. The third kappa shape index (κ3) is 3.33. The number of aromatic nitrogens is 3. The van der Waals surface area contributed by atoms with Gasteiger partial charge in [0.1, 0.15) is 18.7 Å². The molecule has 1 N–H and O–H groups in total. The molecule has 1 aromatic heterocycles. The van der Waals surface area contributed by atoms with Gasteiger partial charge in [0.2, 0.25) is 0 Å². The van der Waals surface area contributed by atoms with Crippen LogP contribution in [0.15, 0.2) is 6.33 Å². The largest absolute Gasteiger partial charge is 0.408 e. The number of hydrogen-bond donors (Lipinski definition) is 1. The molecule has 1 heterocycles. The molecule has 0 spiro atoms. The van der Waals surface area contributed by atoms with Gasteiger partial charge in [0, 0.05) is 0 Å². The number of hydrogen-bond acceptors (Lipinski definition) is 3. The van der Waals surface area contributed by atoms with E-state index in [-0.39, 0.29) is 0 Å². The second-order valence-electron chi connectivity index (χ2n) is 2.73. The zero-order valence-electron chi connectivity index (χ0n) is 7.67. The highest BCUT2D eigenvalue weighted by molar-refractivity contribution is 4.84. The Morgan fingerprint density at radius 2 is 2.21 bits per heavy atom. The third-order valence-electron chi connectivity index (χ3n) is 1.56. The molecule has 0 fully saturated rings. The van der Waals surface area contributed by atoms with Gasteiger partial charge in [0.15, 0.2) is 0 Å². The van der Waals surface area contributed by atoms with Gasteiger partial charge >= 0.3 is 6.18 Å². The minimum Gasteiger partial charge on any atom is -0.310 e. The molecule has 4 nitrogen and oxygen atoms in total. The topological polar surface area (TPSA) is 42.7 Å². The first-order chi connectivity index (χ1) is 6.53. The van der Waals surface area contributed by atoms with E-state index in [9.17, 15) is 13.2 Å². The molecule has 0 aliphatic rings. The highest BCUT2D eigenvalue weighted by Gasteiger charge is 2.29. The Balaban J connectivity index is 2.63. The Morgan fingerprint density at radius 1 is 1.50 bits per heavy atom. The molecule has 80 valence electrons. The number of nitrogens with one attached hydrogen (secondary N) is 1. The second kappa shape index (κ2) is 4.41. The molecule has 0 atom stereocenters. The Kier molecular flexibility index (Phi) is 3.45. The van der Waals surface area contributed by atoms with Crippen molar-refractivity contribution in [3.63, 3.8) is 0 Å². The number of nitrogens with zero attached hydrogens (tertiary/aromatic N) is 3. The lowest BCUT2D eigenvalue weighted by atomic mass is 10.5. The molecule has 0 saturated heterocycles.